The van der Waals surface area contributed by atoms with E-state index < -0.39 is 5.97 Å². The smallest absolute Gasteiger partial charge is 0.306 e. The topological polar surface area (TPSA) is 87.2 Å². The van der Waals surface area contributed by atoms with Crippen molar-refractivity contribution in [2.45, 2.75) is 65.1 Å². The van der Waals surface area contributed by atoms with E-state index in [4.69, 9.17) is 16.3 Å². The number of benzene rings is 2. The quantitative estimate of drug-likeness (QED) is 0.455. The van der Waals surface area contributed by atoms with Crippen molar-refractivity contribution >= 4 is 29.4 Å². The maximum atomic E-state index is 11.8. The number of hydrogen-bond acceptors (Lipinski definition) is 5. The summed E-state index contributed by atoms with van der Waals surface area (Å²) >= 11 is 6.24. The predicted molar refractivity (Wildman–Crippen MR) is 137 cm³/mol. The number of aryl methyl sites for hydroxylation is 2. The Hall–Kier alpha value is -2.90. The van der Waals surface area contributed by atoms with Crippen LogP contribution in [0.15, 0.2) is 36.4 Å². The number of carbonyl (C=O) groups excluding carboxylic acids is 2. The fourth-order valence-corrected chi connectivity index (χ4v) is 5.18. The van der Waals surface area contributed by atoms with Crippen molar-refractivity contribution in [2.75, 3.05) is 13.2 Å². The van der Waals surface area contributed by atoms with Gasteiger partial charge in [-0.1, -0.05) is 35.9 Å². The summed E-state index contributed by atoms with van der Waals surface area (Å²) in [5, 5.41) is 10.1. The Balaban J connectivity index is 1.45. The Labute approximate surface area is 217 Å². The third-order valence-electron chi connectivity index (χ3n) is 7.43. The van der Waals surface area contributed by atoms with Gasteiger partial charge in [0.15, 0.2) is 0 Å². The average molecular weight is 513 g/mol. The van der Waals surface area contributed by atoms with Crippen LogP contribution in [0.3, 0.4) is 0 Å². The number of carboxylic acids is 1. The number of rotatable bonds is 10. The van der Waals surface area contributed by atoms with Crippen LogP contribution >= 0.6 is 11.6 Å². The largest absolute Gasteiger partial charge is 0.491 e. The zero-order valence-corrected chi connectivity index (χ0v) is 21.8. The van der Waals surface area contributed by atoms with Gasteiger partial charge in [0, 0.05) is 36.5 Å². The Morgan fingerprint density at radius 1 is 1.11 bits per heavy atom. The Morgan fingerprint density at radius 3 is 2.42 bits per heavy atom. The minimum absolute atomic E-state index is 0.0903. The SMILES string of the molecule is Cc1cc([C@@H](C)N(Cc2ccc(OCCN3C(=O)CCC3=O)c(C)c2)[C@H]2C[C@@H](C(=O)O)C2)ccc1Cl. The number of nitrogens with zero attached hydrogens (tertiary/aromatic N) is 2. The summed E-state index contributed by atoms with van der Waals surface area (Å²) in [5.41, 5.74) is 4.26. The molecular formula is C28H33ClN2O5. The molecule has 0 spiro atoms. The number of halogens is 1. The number of likely N-dealkylation sites (tertiary alicyclic amines) is 1. The van der Waals surface area contributed by atoms with Crippen molar-refractivity contribution in [2.24, 2.45) is 5.92 Å². The highest BCUT2D eigenvalue weighted by atomic mass is 35.5. The van der Waals surface area contributed by atoms with Crippen molar-refractivity contribution in [1.82, 2.24) is 9.80 Å². The van der Waals surface area contributed by atoms with E-state index in [2.05, 4.69) is 24.0 Å². The monoisotopic (exact) mass is 512 g/mol. The van der Waals surface area contributed by atoms with Crippen LogP contribution in [0.25, 0.3) is 0 Å². The van der Waals surface area contributed by atoms with Gasteiger partial charge in [0.1, 0.15) is 12.4 Å². The van der Waals surface area contributed by atoms with E-state index in [1.54, 1.807) is 0 Å². The van der Waals surface area contributed by atoms with Crippen molar-refractivity contribution < 1.29 is 24.2 Å². The number of imide groups is 1. The van der Waals surface area contributed by atoms with Gasteiger partial charge in [0.25, 0.3) is 0 Å². The first-order valence-corrected chi connectivity index (χ1v) is 12.8. The van der Waals surface area contributed by atoms with Crippen LogP contribution in [-0.4, -0.2) is 51.9 Å². The molecule has 192 valence electrons. The molecule has 2 aliphatic rings. The summed E-state index contributed by atoms with van der Waals surface area (Å²) in [5.74, 6) is -0.566. The summed E-state index contributed by atoms with van der Waals surface area (Å²) in [4.78, 5) is 38.6. The molecule has 0 aromatic heterocycles. The van der Waals surface area contributed by atoms with Crippen LogP contribution < -0.4 is 4.74 Å². The lowest BCUT2D eigenvalue weighted by molar-refractivity contribution is -0.147. The fourth-order valence-electron chi connectivity index (χ4n) is 5.06. The highest BCUT2D eigenvalue weighted by molar-refractivity contribution is 6.31. The second-order valence-electron chi connectivity index (χ2n) is 9.90. The first-order valence-electron chi connectivity index (χ1n) is 12.4. The highest BCUT2D eigenvalue weighted by Crippen LogP contribution is 2.38. The first-order chi connectivity index (χ1) is 17.1. The zero-order chi connectivity index (χ0) is 26.0. The molecule has 36 heavy (non-hydrogen) atoms. The van der Waals surface area contributed by atoms with Gasteiger partial charge in [0.05, 0.1) is 12.5 Å². The van der Waals surface area contributed by atoms with Crippen molar-refractivity contribution in [3.05, 3.63) is 63.7 Å². The van der Waals surface area contributed by atoms with Gasteiger partial charge >= 0.3 is 5.97 Å². The Bertz CT molecular complexity index is 1140. The molecule has 7 nitrogen and oxygen atoms in total. The lowest BCUT2D eigenvalue weighted by atomic mass is 9.78. The molecular weight excluding hydrogens is 480 g/mol. The maximum absolute atomic E-state index is 11.8. The number of aliphatic carboxylic acids is 1. The van der Waals surface area contributed by atoms with E-state index in [9.17, 15) is 19.5 Å². The minimum atomic E-state index is -0.726. The molecule has 1 aliphatic carbocycles. The van der Waals surface area contributed by atoms with Gasteiger partial charge in [-0.15, -0.1) is 0 Å². The molecule has 1 aliphatic heterocycles. The van der Waals surface area contributed by atoms with Crippen molar-refractivity contribution in [3.8, 4) is 5.75 Å². The van der Waals surface area contributed by atoms with Gasteiger partial charge in [-0.25, -0.2) is 0 Å². The van der Waals surface area contributed by atoms with Gasteiger partial charge in [-0.05, 0) is 68.0 Å². The van der Waals surface area contributed by atoms with Crippen LogP contribution in [0.2, 0.25) is 5.02 Å². The standard InChI is InChI=1S/C28H33ClN2O5/c1-17-13-21(5-6-24(17)29)19(3)31(23-14-22(15-23)28(34)35)16-20-4-7-25(18(2)12-20)36-11-10-30-26(32)8-9-27(30)33/h4-7,12-13,19,22-23H,8-11,14-16H2,1-3H3,(H,34,35)/t19-,22-,23+/m1/s1. The Kier molecular flexibility index (Phi) is 8.00. The normalized spacial score (nSPS) is 20.5. The molecule has 8 heteroatoms. The van der Waals surface area contributed by atoms with Gasteiger partial charge in [-0.3, -0.25) is 24.2 Å². The van der Waals surface area contributed by atoms with Gasteiger partial charge < -0.3 is 9.84 Å². The lowest BCUT2D eigenvalue weighted by Gasteiger charge is -2.44. The molecule has 2 aromatic carbocycles. The summed E-state index contributed by atoms with van der Waals surface area (Å²) in [6.45, 7) is 7.32. The van der Waals surface area contributed by atoms with Crippen molar-refractivity contribution in [3.63, 3.8) is 0 Å². The molecule has 4 rings (SSSR count). The van der Waals surface area contributed by atoms with E-state index in [0.29, 0.717) is 19.4 Å². The van der Waals surface area contributed by atoms with Crippen LogP contribution in [0.5, 0.6) is 5.75 Å². The van der Waals surface area contributed by atoms with Gasteiger partial charge in [0.2, 0.25) is 11.8 Å². The van der Waals surface area contributed by atoms with Crippen LogP contribution in [0, 0.1) is 19.8 Å². The summed E-state index contributed by atoms with van der Waals surface area (Å²) in [6.07, 6.45) is 1.84. The number of amides is 2. The van der Waals surface area contributed by atoms with Crippen molar-refractivity contribution in [1.29, 1.82) is 0 Å². The molecule has 0 bridgehead atoms. The van der Waals surface area contributed by atoms with E-state index in [0.717, 1.165) is 33.0 Å². The zero-order valence-electron chi connectivity index (χ0n) is 21.0. The Morgan fingerprint density at radius 2 is 1.81 bits per heavy atom. The third-order valence-corrected chi connectivity index (χ3v) is 7.85. The first kappa shape index (κ1) is 26.2. The molecule has 1 saturated heterocycles. The van der Waals surface area contributed by atoms with Gasteiger partial charge in [-0.2, -0.15) is 0 Å². The minimum Gasteiger partial charge on any atom is -0.491 e. The summed E-state index contributed by atoms with van der Waals surface area (Å²) in [7, 11) is 0. The highest BCUT2D eigenvalue weighted by Gasteiger charge is 2.39. The number of ether oxygens (including phenoxy) is 1. The molecule has 0 radical (unpaired) electrons. The van der Waals surface area contributed by atoms with Crippen LogP contribution in [0.1, 0.15) is 60.9 Å². The average Bonchev–Trinajstić information content (AvgIpc) is 3.12. The molecule has 0 unspecified atom stereocenters. The molecule has 1 atom stereocenters. The summed E-state index contributed by atoms with van der Waals surface area (Å²) in [6, 6.07) is 12.4. The van der Waals surface area contributed by atoms with E-state index in [1.165, 1.54) is 4.90 Å². The molecule has 1 N–H and O–H groups in total. The number of carboxylic acid groups (broad SMARTS) is 1. The molecule has 1 heterocycles. The molecule has 1 saturated carbocycles. The molecule has 2 amide bonds. The second kappa shape index (κ2) is 11.0. The van der Waals surface area contributed by atoms with Crippen LogP contribution in [-0.2, 0) is 20.9 Å². The third kappa shape index (κ3) is 5.73. The predicted octanol–water partition coefficient (Wildman–Crippen LogP) is 4.91. The molecule has 2 aromatic rings. The van der Waals surface area contributed by atoms with E-state index in [1.807, 2.05) is 38.1 Å². The van der Waals surface area contributed by atoms with Crippen LogP contribution in [0.4, 0.5) is 0 Å². The summed E-state index contributed by atoms with van der Waals surface area (Å²) < 4.78 is 5.88. The lowest BCUT2D eigenvalue weighted by Crippen LogP contribution is -2.47. The number of carbonyl (C=O) groups is 3. The fraction of sp³-hybridized carbons (Fsp3) is 0.464. The second-order valence-corrected chi connectivity index (χ2v) is 10.3. The van der Waals surface area contributed by atoms with E-state index >= 15 is 0 Å². The maximum Gasteiger partial charge on any atom is 0.306 e. The van der Waals surface area contributed by atoms with E-state index in [-0.39, 0.29) is 55.8 Å². The molecule has 2 fully saturated rings. The number of hydrogen-bond donors (Lipinski definition) is 1.